The Balaban J connectivity index is 1.91. The number of rotatable bonds is 4. The predicted molar refractivity (Wildman–Crippen MR) is 98.7 cm³/mol. The molecule has 0 amide bonds. The van der Waals surface area contributed by atoms with Gasteiger partial charge in [0, 0.05) is 11.1 Å². The Labute approximate surface area is 165 Å². The average molecular weight is 398 g/mol. The first-order chi connectivity index (χ1) is 13.8. The van der Waals surface area contributed by atoms with Crippen LogP contribution in [0.1, 0.15) is 30.4 Å². The van der Waals surface area contributed by atoms with Gasteiger partial charge in [-0.1, -0.05) is 35.8 Å². The van der Waals surface area contributed by atoms with Crippen LogP contribution in [0.2, 0.25) is 0 Å². The summed E-state index contributed by atoms with van der Waals surface area (Å²) in [6, 6.07) is 7.82. The van der Waals surface area contributed by atoms with Crippen LogP contribution in [0.3, 0.4) is 0 Å². The number of nitrogens with zero attached hydrogens (tertiary/aromatic N) is 2. The zero-order valence-electron chi connectivity index (χ0n) is 15.1. The maximum Gasteiger partial charge on any atom is 0.185 e. The first-order valence-electron chi connectivity index (χ1n) is 8.70. The van der Waals surface area contributed by atoms with Crippen LogP contribution in [0.25, 0.3) is 12.2 Å². The van der Waals surface area contributed by atoms with Gasteiger partial charge in [0.25, 0.3) is 0 Å². The molecule has 4 N–H and O–H groups in total. The third-order valence-corrected chi connectivity index (χ3v) is 4.55. The van der Waals surface area contributed by atoms with E-state index in [9.17, 15) is 15.0 Å². The maximum atomic E-state index is 12.8. The highest BCUT2D eigenvalue weighted by Gasteiger charge is 2.20. The second-order valence-electron chi connectivity index (χ2n) is 6.56. The summed E-state index contributed by atoms with van der Waals surface area (Å²) in [5.74, 6) is -1.37. The third-order valence-electron chi connectivity index (χ3n) is 4.55. The van der Waals surface area contributed by atoms with Gasteiger partial charge in [0.05, 0.1) is 11.4 Å². The van der Waals surface area contributed by atoms with E-state index in [1.54, 1.807) is 12.2 Å². The standard InChI is InChI=1S/C20H20N2O7/c23-18-6-4-12(10-16(18)21(26)27)8-14-2-1-3-15(20(14)25)9-13-5-7-19(24)17(11-13)22(28)29/h4-11,23-24,26-29H,1-3H2/p-2/b14-8-,15-9+. The van der Waals surface area contributed by atoms with Crippen molar-refractivity contribution < 1.29 is 35.8 Å². The topological polar surface area (TPSA) is 151 Å². The number of anilines is 2. The number of hydrogen-bond acceptors (Lipinski definition) is 9. The quantitative estimate of drug-likeness (QED) is 0.449. The molecule has 1 saturated carbocycles. The van der Waals surface area contributed by atoms with Crippen molar-refractivity contribution in [3.63, 3.8) is 0 Å². The first-order valence-corrected chi connectivity index (χ1v) is 8.70. The minimum atomic E-state index is -0.577. The molecular weight excluding hydrogens is 380 g/mol. The molecule has 1 aliphatic rings. The molecule has 29 heavy (non-hydrogen) atoms. The number of benzene rings is 2. The maximum absolute atomic E-state index is 12.8. The van der Waals surface area contributed by atoms with E-state index in [1.807, 2.05) is 0 Å². The number of carbonyl (C=O) groups excluding carboxylic acids is 1. The highest BCUT2D eigenvalue weighted by atomic mass is 16.8. The van der Waals surface area contributed by atoms with Crippen LogP contribution >= 0.6 is 0 Å². The molecule has 1 aliphatic carbocycles. The molecule has 3 rings (SSSR count). The van der Waals surface area contributed by atoms with E-state index in [2.05, 4.69) is 0 Å². The molecule has 0 heterocycles. The van der Waals surface area contributed by atoms with Crippen LogP contribution in [0.4, 0.5) is 11.4 Å². The van der Waals surface area contributed by atoms with Crippen molar-refractivity contribution in [2.24, 2.45) is 0 Å². The van der Waals surface area contributed by atoms with Gasteiger partial charge in [0.2, 0.25) is 0 Å². The molecule has 0 unspecified atom stereocenters. The minimum absolute atomic E-state index is 0.216. The van der Waals surface area contributed by atoms with Gasteiger partial charge in [-0.05, 0) is 54.7 Å². The smallest absolute Gasteiger partial charge is 0.185 e. The van der Waals surface area contributed by atoms with Crippen LogP contribution in [0.5, 0.6) is 11.5 Å². The molecule has 2 aromatic carbocycles. The van der Waals surface area contributed by atoms with Crippen LogP contribution in [0.15, 0.2) is 47.5 Å². The van der Waals surface area contributed by atoms with Crippen molar-refractivity contribution in [2.75, 3.05) is 10.5 Å². The summed E-state index contributed by atoms with van der Waals surface area (Å²) in [6.45, 7) is 0. The molecule has 2 aromatic rings. The van der Waals surface area contributed by atoms with Crippen molar-refractivity contribution >= 4 is 29.3 Å². The Morgan fingerprint density at radius 3 is 1.55 bits per heavy atom. The molecule has 0 spiro atoms. The fourth-order valence-electron chi connectivity index (χ4n) is 3.14. The Morgan fingerprint density at radius 1 is 0.759 bits per heavy atom. The average Bonchev–Trinajstić information content (AvgIpc) is 2.67. The zero-order valence-corrected chi connectivity index (χ0v) is 15.1. The second kappa shape index (κ2) is 8.33. The fourth-order valence-corrected chi connectivity index (χ4v) is 3.14. The SMILES string of the molecule is O=C1/C(=C\c2ccc([O-])c(N(O)O)c2)CCC/C1=C\c1ccc([O-])c(N(O)O)c1. The van der Waals surface area contributed by atoms with Crippen molar-refractivity contribution in [3.8, 4) is 11.5 Å². The zero-order chi connectivity index (χ0) is 21.1. The van der Waals surface area contributed by atoms with Crippen LogP contribution < -0.4 is 20.7 Å². The van der Waals surface area contributed by atoms with Gasteiger partial charge < -0.3 is 10.2 Å². The van der Waals surface area contributed by atoms with Crippen LogP contribution in [-0.4, -0.2) is 26.6 Å². The molecule has 0 aliphatic heterocycles. The largest absolute Gasteiger partial charge is 0.871 e. The molecule has 0 saturated heterocycles. The summed E-state index contributed by atoms with van der Waals surface area (Å²) in [6.07, 6.45) is 4.88. The van der Waals surface area contributed by atoms with Gasteiger partial charge in [0.1, 0.15) is 0 Å². The Hall–Kier alpha value is -3.37. The summed E-state index contributed by atoms with van der Waals surface area (Å²) < 4.78 is 0. The van der Waals surface area contributed by atoms with Gasteiger partial charge in [0.15, 0.2) is 5.78 Å². The number of Topliss-reactive ketones (excluding diaryl/α,β-unsaturated/α-hetero) is 1. The molecule has 1 fully saturated rings. The summed E-state index contributed by atoms with van der Waals surface area (Å²) in [7, 11) is 0. The molecule has 0 radical (unpaired) electrons. The van der Waals surface area contributed by atoms with Gasteiger partial charge in [-0.3, -0.25) is 25.6 Å². The van der Waals surface area contributed by atoms with Gasteiger partial charge in [-0.2, -0.15) is 0 Å². The van der Waals surface area contributed by atoms with Gasteiger partial charge in [-0.15, -0.1) is 10.5 Å². The lowest BCUT2D eigenvalue weighted by atomic mass is 9.86. The number of carbonyl (C=O) groups is 1. The normalized spacial score (nSPS) is 17.0. The van der Waals surface area contributed by atoms with Crippen LogP contribution in [-0.2, 0) is 4.79 Å². The number of allylic oxidation sites excluding steroid dienone is 2. The second-order valence-corrected chi connectivity index (χ2v) is 6.56. The number of ketones is 1. The first kappa shape index (κ1) is 20.4. The molecular formula is C20H18N2O7-2. The highest BCUT2D eigenvalue weighted by Crippen LogP contribution is 2.31. The summed E-state index contributed by atoms with van der Waals surface area (Å²) in [4.78, 5) is 12.8. The monoisotopic (exact) mass is 398 g/mol. The van der Waals surface area contributed by atoms with E-state index in [1.165, 1.54) is 36.4 Å². The Morgan fingerprint density at radius 2 is 1.17 bits per heavy atom. The summed E-state index contributed by atoms with van der Waals surface area (Å²) in [5.41, 5.74) is 1.24. The third kappa shape index (κ3) is 4.55. The Bertz CT molecular complexity index is 919. The lowest BCUT2D eigenvalue weighted by Crippen LogP contribution is -2.14. The summed E-state index contributed by atoms with van der Waals surface area (Å²) in [5, 5.41) is 59.1. The van der Waals surface area contributed by atoms with Gasteiger partial charge in [-0.25, -0.2) is 0 Å². The van der Waals surface area contributed by atoms with Crippen molar-refractivity contribution in [1.82, 2.24) is 0 Å². The van der Waals surface area contributed by atoms with E-state index < -0.39 is 11.5 Å². The minimum Gasteiger partial charge on any atom is -0.871 e. The van der Waals surface area contributed by atoms with Crippen LogP contribution in [0, 0.1) is 0 Å². The summed E-state index contributed by atoms with van der Waals surface area (Å²) >= 11 is 0. The molecule has 152 valence electrons. The molecule has 0 atom stereocenters. The van der Waals surface area contributed by atoms with Crippen molar-refractivity contribution in [2.45, 2.75) is 19.3 Å². The van der Waals surface area contributed by atoms with Crippen molar-refractivity contribution in [1.29, 1.82) is 0 Å². The van der Waals surface area contributed by atoms with E-state index in [0.717, 1.165) is 0 Å². The molecule has 9 heteroatoms. The molecule has 0 aromatic heterocycles. The fraction of sp³-hybridized carbons (Fsp3) is 0.150. The van der Waals surface area contributed by atoms with Crippen molar-refractivity contribution in [3.05, 3.63) is 58.7 Å². The van der Waals surface area contributed by atoms with E-state index >= 15 is 0 Å². The predicted octanol–water partition coefficient (Wildman–Crippen LogP) is 2.22. The lowest BCUT2D eigenvalue weighted by Gasteiger charge is -2.20. The highest BCUT2D eigenvalue weighted by molar-refractivity contribution is 6.14. The van der Waals surface area contributed by atoms with Gasteiger partial charge >= 0.3 is 0 Å². The van der Waals surface area contributed by atoms with E-state index in [-0.39, 0.29) is 27.6 Å². The Kier molecular flexibility index (Phi) is 5.85. The molecule has 9 nitrogen and oxygen atoms in total. The van der Waals surface area contributed by atoms with E-state index in [0.29, 0.717) is 41.5 Å². The van der Waals surface area contributed by atoms with E-state index in [4.69, 9.17) is 20.8 Å². The molecule has 0 bridgehead atoms. The lowest BCUT2D eigenvalue weighted by molar-refractivity contribution is -0.269. The number of hydrogen-bond donors (Lipinski definition) is 4.